The van der Waals surface area contributed by atoms with E-state index in [0.717, 1.165) is 22.9 Å². The van der Waals surface area contributed by atoms with Gasteiger partial charge < -0.3 is 5.11 Å². The van der Waals surface area contributed by atoms with Gasteiger partial charge in [0.15, 0.2) is 0 Å². The van der Waals surface area contributed by atoms with E-state index in [2.05, 4.69) is 43.6 Å². The van der Waals surface area contributed by atoms with Gasteiger partial charge in [-0.2, -0.15) is 0 Å². The number of hydrogen-bond acceptors (Lipinski definition) is 1. The second kappa shape index (κ2) is 4.56. The van der Waals surface area contributed by atoms with Gasteiger partial charge in [0.05, 0.1) is 0 Å². The van der Waals surface area contributed by atoms with Crippen molar-refractivity contribution in [3.8, 4) is 5.75 Å². The minimum Gasteiger partial charge on any atom is -0.508 e. The molecule has 0 unspecified atom stereocenters. The van der Waals surface area contributed by atoms with E-state index < -0.39 is 0 Å². The lowest BCUT2D eigenvalue weighted by atomic mass is 9.85. The van der Waals surface area contributed by atoms with E-state index in [9.17, 15) is 5.11 Å². The fourth-order valence-electron chi connectivity index (χ4n) is 1.67. The molecule has 2 heteroatoms. The van der Waals surface area contributed by atoms with Crippen LogP contribution in [-0.4, -0.2) is 5.11 Å². The maximum atomic E-state index is 9.96. The molecule has 1 aromatic carbocycles. The van der Waals surface area contributed by atoms with E-state index in [0.29, 0.717) is 5.75 Å². The molecular formula is C13H19BrO. The molecule has 15 heavy (non-hydrogen) atoms. The van der Waals surface area contributed by atoms with Gasteiger partial charge >= 0.3 is 0 Å². The normalized spacial score (nSPS) is 11.8. The fraction of sp³-hybridized carbons (Fsp3) is 0.538. The molecule has 0 bridgehead atoms. The highest BCUT2D eigenvalue weighted by Crippen LogP contribution is 2.35. The molecule has 1 aromatic rings. The molecule has 1 nitrogen and oxygen atoms in total. The van der Waals surface area contributed by atoms with Gasteiger partial charge in [0.2, 0.25) is 0 Å². The van der Waals surface area contributed by atoms with E-state index in [1.807, 2.05) is 12.1 Å². The van der Waals surface area contributed by atoms with Crippen LogP contribution in [0.2, 0.25) is 0 Å². The minimum atomic E-state index is -0.0165. The summed E-state index contributed by atoms with van der Waals surface area (Å²) in [4.78, 5) is 0. The van der Waals surface area contributed by atoms with E-state index in [4.69, 9.17) is 0 Å². The lowest BCUT2D eigenvalue weighted by molar-refractivity contribution is 0.445. The quantitative estimate of drug-likeness (QED) is 0.845. The van der Waals surface area contributed by atoms with Crippen LogP contribution in [0.4, 0.5) is 0 Å². The van der Waals surface area contributed by atoms with Crippen LogP contribution < -0.4 is 0 Å². The van der Waals surface area contributed by atoms with Crippen LogP contribution in [0.25, 0.3) is 0 Å². The molecule has 0 saturated carbocycles. The number of rotatable bonds is 2. The Hall–Kier alpha value is -0.500. The van der Waals surface area contributed by atoms with Crippen molar-refractivity contribution in [3.63, 3.8) is 0 Å². The molecule has 0 aromatic heterocycles. The van der Waals surface area contributed by atoms with Crippen LogP contribution in [-0.2, 0) is 11.8 Å². The highest BCUT2D eigenvalue weighted by atomic mass is 79.9. The number of phenolic OH excluding ortho intramolecular Hbond substituents is 1. The first-order valence-corrected chi connectivity index (χ1v) is 6.17. The molecule has 0 aliphatic heterocycles. The largest absolute Gasteiger partial charge is 0.508 e. The Balaban J connectivity index is 3.20. The summed E-state index contributed by atoms with van der Waals surface area (Å²) in [6.07, 6.45) is 2.09. The zero-order valence-corrected chi connectivity index (χ0v) is 11.5. The zero-order valence-electron chi connectivity index (χ0n) is 9.89. The predicted molar refractivity (Wildman–Crippen MR) is 68.5 cm³/mol. The third-order valence-electron chi connectivity index (χ3n) is 2.49. The summed E-state index contributed by atoms with van der Waals surface area (Å²) in [6, 6.07) is 3.93. The van der Waals surface area contributed by atoms with Gasteiger partial charge in [0, 0.05) is 10.0 Å². The number of hydrogen-bond donors (Lipinski definition) is 1. The first-order valence-electron chi connectivity index (χ1n) is 5.38. The number of aryl methyl sites for hydroxylation is 1. The summed E-state index contributed by atoms with van der Waals surface area (Å²) < 4.78 is 1.10. The van der Waals surface area contributed by atoms with Crippen molar-refractivity contribution in [1.82, 2.24) is 0 Å². The van der Waals surface area contributed by atoms with Crippen molar-refractivity contribution in [2.45, 2.75) is 46.0 Å². The van der Waals surface area contributed by atoms with E-state index >= 15 is 0 Å². The number of halogens is 1. The average Bonchev–Trinajstić information content (AvgIpc) is 2.09. The summed E-state index contributed by atoms with van der Waals surface area (Å²) in [6.45, 7) is 8.46. The third-order valence-corrected chi connectivity index (χ3v) is 3.23. The van der Waals surface area contributed by atoms with Gasteiger partial charge in [-0.05, 0) is 29.5 Å². The predicted octanol–water partition coefficient (Wildman–Crippen LogP) is 4.40. The van der Waals surface area contributed by atoms with Crippen molar-refractivity contribution in [2.24, 2.45) is 0 Å². The lowest BCUT2D eigenvalue weighted by Crippen LogP contribution is -2.11. The Kier molecular flexibility index (Phi) is 3.82. The highest BCUT2D eigenvalue weighted by Gasteiger charge is 2.19. The SMILES string of the molecule is CCCc1cc(O)c(C(C)(C)C)cc1Br. The molecule has 1 N–H and O–H groups in total. The molecule has 1 rings (SSSR count). The van der Waals surface area contributed by atoms with Gasteiger partial charge in [-0.25, -0.2) is 0 Å². The van der Waals surface area contributed by atoms with Crippen LogP contribution in [0.15, 0.2) is 16.6 Å². The fourth-order valence-corrected chi connectivity index (χ4v) is 2.21. The Labute approximate surface area is 101 Å². The molecule has 0 atom stereocenters. The van der Waals surface area contributed by atoms with E-state index in [1.54, 1.807) is 0 Å². The van der Waals surface area contributed by atoms with Gasteiger partial charge in [0.1, 0.15) is 5.75 Å². The summed E-state index contributed by atoms with van der Waals surface area (Å²) in [5, 5.41) is 9.96. The molecular weight excluding hydrogens is 252 g/mol. The Morgan fingerprint density at radius 1 is 1.27 bits per heavy atom. The standard InChI is InChI=1S/C13H19BrO/c1-5-6-9-7-12(15)10(8-11(9)14)13(2,3)4/h7-8,15H,5-6H2,1-4H3. The van der Waals surface area contributed by atoms with Crippen LogP contribution >= 0.6 is 15.9 Å². The summed E-state index contributed by atoms with van der Waals surface area (Å²) in [5.41, 5.74) is 2.16. The summed E-state index contributed by atoms with van der Waals surface area (Å²) in [5.74, 6) is 0.411. The van der Waals surface area contributed by atoms with Gasteiger partial charge in [0.25, 0.3) is 0 Å². The Bertz CT molecular complexity index is 350. The van der Waals surface area contributed by atoms with Gasteiger partial charge in [-0.3, -0.25) is 0 Å². The molecule has 0 saturated heterocycles. The smallest absolute Gasteiger partial charge is 0.119 e. The van der Waals surface area contributed by atoms with E-state index in [1.165, 1.54) is 5.56 Å². The Morgan fingerprint density at radius 3 is 2.33 bits per heavy atom. The van der Waals surface area contributed by atoms with E-state index in [-0.39, 0.29) is 5.41 Å². The second-order valence-electron chi connectivity index (χ2n) is 4.96. The number of phenols is 1. The maximum Gasteiger partial charge on any atom is 0.119 e. The van der Waals surface area contributed by atoms with Crippen LogP contribution in [0.3, 0.4) is 0 Å². The van der Waals surface area contributed by atoms with Crippen molar-refractivity contribution >= 4 is 15.9 Å². The first kappa shape index (κ1) is 12.6. The third kappa shape index (κ3) is 2.97. The highest BCUT2D eigenvalue weighted by molar-refractivity contribution is 9.10. The molecule has 0 amide bonds. The number of aromatic hydroxyl groups is 1. The minimum absolute atomic E-state index is 0.0165. The summed E-state index contributed by atoms with van der Waals surface area (Å²) in [7, 11) is 0. The lowest BCUT2D eigenvalue weighted by Gasteiger charge is -2.21. The molecule has 0 radical (unpaired) electrons. The number of benzene rings is 1. The average molecular weight is 271 g/mol. The summed E-state index contributed by atoms with van der Waals surface area (Å²) >= 11 is 3.56. The van der Waals surface area contributed by atoms with Gasteiger partial charge in [-0.1, -0.05) is 50.0 Å². The molecule has 0 spiro atoms. The first-order chi connectivity index (χ1) is 6.86. The molecule has 84 valence electrons. The molecule has 0 fully saturated rings. The van der Waals surface area contributed by atoms with Crippen molar-refractivity contribution in [2.75, 3.05) is 0 Å². The van der Waals surface area contributed by atoms with Crippen LogP contribution in [0, 0.1) is 0 Å². The molecule has 0 aliphatic carbocycles. The van der Waals surface area contributed by atoms with Crippen molar-refractivity contribution < 1.29 is 5.11 Å². The van der Waals surface area contributed by atoms with Crippen LogP contribution in [0.5, 0.6) is 5.75 Å². The zero-order chi connectivity index (χ0) is 11.6. The van der Waals surface area contributed by atoms with Crippen molar-refractivity contribution in [1.29, 1.82) is 0 Å². The maximum absolute atomic E-state index is 9.96. The van der Waals surface area contributed by atoms with Gasteiger partial charge in [-0.15, -0.1) is 0 Å². The Morgan fingerprint density at radius 2 is 1.87 bits per heavy atom. The van der Waals surface area contributed by atoms with Crippen molar-refractivity contribution in [3.05, 3.63) is 27.7 Å². The topological polar surface area (TPSA) is 20.2 Å². The molecule has 0 heterocycles. The van der Waals surface area contributed by atoms with Crippen LogP contribution in [0.1, 0.15) is 45.2 Å². The monoisotopic (exact) mass is 270 g/mol. The molecule has 0 aliphatic rings. The second-order valence-corrected chi connectivity index (χ2v) is 5.82.